The summed E-state index contributed by atoms with van der Waals surface area (Å²) in [5.41, 5.74) is 1.84. The molecule has 1 aromatic carbocycles. The maximum Gasteiger partial charge on any atom is 0.290 e. The van der Waals surface area contributed by atoms with Crippen LogP contribution < -0.4 is 9.46 Å². The Kier molecular flexibility index (Phi) is 2.87. The third kappa shape index (κ3) is 1.57. The molecule has 0 bridgehead atoms. The van der Waals surface area contributed by atoms with E-state index in [0.29, 0.717) is 28.2 Å². The number of para-hydroxylation sites is 2. The molecule has 0 saturated heterocycles. The quantitative estimate of drug-likeness (QED) is 0.583. The minimum atomic E-state index is 0.417. The van der Waals surface area contributed by atoms with Crippen molar-refractivity contribution in [3.8, 4) is 0 Å². The molecule has 84 valence electrons. The van der Waals surface area contributed by atoms with Crippen LogP contribution in [0.3, 0.4) is 0 Å². The summed E-state index contributed by atoms with van der Waals surface area (Å²) >= 11 is 1.53. The normalized spacial score (nSPS) is 10.9. The minimum Gasteiger partial charge on any atom is -0.618 e. The molecule has 0 aliphatic rings. The lowest BCUT2D eigenvalue weighted by atomic mass is 10.2. The Morgan fingerprint density at radius 3 is 2.25 bits per heavy atom. The molecule has 0 radical (unpaired) electrons. The highest BCUT2D eigenvalue weighted by atomic mass is 32.2. The van der Waals surface area contributed by atoms with Crippen LogP contribution in [-0.2, 0) is 5.75 Å². The smallest absolute Gasteiger partial charge is 0.290 e. The van der Waals surface area contributed by atoms with Gasteiger partial charge in [-0.2, -0.15) is 21.2 Å². The molecule has 16 heavy (non-hydrogen) atoms. The topological polar surface area (TPSA) is 53.9 Å². The third-order valence-corrected chi connectivity index (χ3v) is 3.13. The van der Waals surface area contributed by atoms with Crippen molar-refractivity contribution in [3.05, 3.63) is 46.1 Å². The highest BCUT2D eigenvalue weighted by molar-refractivity contribution is 7.97. The number of hydrogen-bond donors (Lipinski definition) is 0. The van der Waals surface area contributed by atoms with Gasteiger partial charge in [0.05, 0.1) is 5.75 Å². The first-order chi connectivity index (χ1) is 7.66. The fourth-order valence-corrected chi connectivity index (χ4v) is 2.30. The summed E-state index contributed by atoms with van der Waals surface area (Å²) in [6.45, 7) is 1.68. The van der Waals surface area contributed by atoms with Crippen molar-refractivity contribution in [2.24, 2.45) is 0 Å². The molecule has 5 heteroatoms. The number of aromatic nitrogens is 2. The van der Waals surface area contributed by atoms with Crippen LogP contribution in [-0.4, -0.2) is 6.26 Å². The van der Waals surface area contributed by atoms with E-state index in [1.807, 2.05) is 6.26 Å². The van der Waals surface area contributed by atoms with Gasteiger partial charge in [0.1, 0.15) is 0 Å². The Balaban J connectivity index is 2.83. The van der Waals surface area contributed by atoms with E-state index in [9.17, 15) is 10.4 Å². The van der Waals surface area contributed by atoms with Gasteiger partial charge >= 0.3 is 0 Å². The second-order valence-corrected chi connectivity index (χ2v) is 4.41. The van der Waals surface area contributed by atoms with Gasteiger partial charge < -0.3 is 10.4 Å². The van der Waals surface area contributed by atoms with Gasteiger partial charge in [-0.1, -0.05) is 12.1 Å². The van der Waals surface area contributed by atoms with Crippen LogP contribution in [0.1, 0.15) is 11.4 Å². The fourth-order valence-electron chi connectivity index (χ4n) is 1.70. The second-order valence-electron chi connectivity index (χ2n) is 3.54. The van der Waals surface area contributed by atoms with Crippen LogP contribution >= 0.6 is 11.8 Å². The number of nitrogens with zero attached hydrogens (tertiary/aromatic N) is 2. The average Bonchev–Trinajstić information content (AvgIpc) is 2.32. The number of thioether (sulfide) groups is 1. The van der Waals surface area contributed by atoms with Crippen LogP contribution in [0.2, 0.25) is 0 Å². The summed E-state index contributed by atoms with van der Waals surface area (Å²) < 4.78 is 1.69. The van der Waals surface area contributed by atoms with Crippen molar-refractivity contribution in [2.75, 3.05) is 6.26 Å². The van der Waals surface area contributed by atoms with Gasteiger partial charge in [-0.3, -0.25) is 0 Å². The predicted molar refractivity (Wildman–Crippen MR) is 63.8 cm³/mol. The van der Waals surface area contributed by atoms with Crippen molar-refractivity contribution < 1.29 is 9.46 Å². The standard InChI is InChI=1S/C11H12N2O2S/c1-8-11(7-16-2)13(15)10-6-4-3-5-9(10)12(8)14/h3-6H,7H2,1-2H3. The zero-order valence-electron chi connectivity index (χ0n) is 9.14. The zero-order chi connectivity index (χ0) is 11.7. The van der Waals surface area contributed by atoms with Crippen molar-refractivity contribution in [1.29, 1.82) is 0 Å². The molecular weight excluding hydrogens is 224 g/mol. The van der Waals surface area contributed by atoms with E-state index in [4.69, 9.17) is 0 Å². The van der Waals surface area contributed by atoms with Crippen molar-refractivity contribution >= 4 is 22.8 Å². The number of benzene rings is 1. The molecule has 0 spiro atoms. The second kappa shape index (κ2) is 4.17. The Bertz CT molecular complexity index is 543. The summed E-state index contributed by atoms with van der Waals surface area (Å²) in [5, 5.41) is 24.0. The van der Waals surface area contributed by atoms with Crippen LogP contribution in [0, 0.1) is 17.3 Å². The number of rotatable bonds is 2. The maximum atomic E-state index is 12.0. The van der Waals surface area contributed by atoms with Crippen molar-refractivity contribution in [3.63, 3.8) is 0 Å². The Morgan fingerprint density at radius 1 is 1.12 bits per heavy atom. The molecule has 0 unspecified atom stereocenters. The minimum absolute atomic E-state index is 0.417. The molecule has 0 atom stereocenters. The molecule has 0 aliphatic heterocycles. The summed E-state index contributed by atoms with van der Waals surface area (Å²) in [7, 11) is 0. The Morgan fingerprint density at radius 2 is 1.69 bits per heavy atom. The first-order valence-corrected chi connectivity index (χ1v) is 6.28. The van der Waals surface area contributed by atoms with E-state index in [1.54, 1.807) is 31.2 Å². The highest BCUT2D eigenvalue weighted by Crippen LogP contribution is 2.12. The van der Waals surface area contributed by atoms with Gasteiger partial charge in [0.25, 0.3) is 22.4 Å². The fraction of sp³-hybridized carbons (Fsp3) is 0.273. The maximum absolute atomic E-state index is 12.0. The molecule has 0 amide bonds. The van der Waals surface area contributed by atoms with Crippen molar-refractivity contribution in [1.82, 2.24) is 0 Å². The van der Waals surface area contributed by atoms with E-state index in [-0.39, 0.29) is 0 Å². The molecule has 0 fully saturated rings. The van der Waals surface area contributed by atoms with Gasteiger partial charge in [-0.15, -0.1) is 0 Å². The van der Waals surface area contributed by atoms with Gasteiger partial charge in [0, 0.05) is 19.1 Å². The summed E-state index contributed by atoms with van der Waals surface area (Å²) in [4.78, 5) is 0. The first-order valence-electron chi connectivity index (χ1n) is 4.89. The van der Waals surface area contributed by atoms with E-state index in [2.05, 4.69) is 0 Å². The zero-order valence-corrected chi connectivity index (χ0v) is 9.95. The van der Waals surface area contributed by atoms with Crippen LogP contribution in [0.15, 0.2) is 24.3 Å². The predicted octanol–water partition coefficient (Wildman–Crippen LogP) is 1.28. The van der Waals surface area contributed by atoms with Crippen LogP contribution in [0.25, 0.3) is 11.0 Å². The average molecular weight is 236 g/mol. The van der Waals surface area contributed by atoms with Gasteiger partial charge in [0.15, 0.2) is 0 Å². The van der Waals surface area contributed by atoms with Crippen molar-refractivity contribution in [2.45, 2.75) is 12.7 Å². The van der Waals surface area contributed by atoms with Gasteiger partial charge in [-0.05, 0) is 6.26 Å². The van der Waals surface area contributed by atoms with Crippen LogP contribution in [0.5, 0.6) is 0 Å². The molecule has 4 nitrogen and oxygen atoms in total. The molecule has 0 saturated carbocycles. The Hall–Kier alpha value is -1.49. The molecule has 2 rings (SSSR count). The highest BCUT2D eigenvalue weighted by Gasteiger charge is 2.23. The van der Waals surface area contributed by atoms with Crippen LogP contribution in [0.4, 0.5) is 0 Å². The molecule has 1 heterocycles. The number of hydrogen-bond acceptors (Lipinski definition) is 3. The lowest BCUT2D eigenvalue weighted by Crippen LogP contribution is -2.44. The SMILES string of the molecule is CSCc1c(C)[n+]([O-])c2ccccc2[n+]1[O-]. The van der Waals surface area contributed by atoms with E-state index >= 15 is 0 Å². The van der Waals surface area contributed by atoms with Gasteiger partial charge in [-0.25, -0.2) is 0 Å². The Labute approximate surface area is 97.7 Å². The summed E-state index contributed by atoms with van der Waals surface area (Å²) in [6, 6.07) is 6.84. The molecular formula is C11H12N2O2S. The van der Waals surface area contributed by atoms with E-state index < -0.39 is 0 Å². The molecule has 0 N–H and O–H groups in total. The third-order valence-electron chi connectivity index (χ3n) is 2.57. The summed E-state index contributed by atoms with van der Waals surface area (Å²) in [5.74, 6) is 0.544. The number of fused-ring (bicyclic) bond motifs is 1. The molecule has 1 aromatic heterocycles. The first kappa shape index (κ1) is 11.0. The molecule has 2 aromatic rings. The molecule has 0 aliphatic carbocycles. The van der Waals surface area contributed by atoms with E-state index in [1.165, 1.54) is 11.8 Å². The van der Waals surface area contributed by atoms with E-state index in [0.717, 1.165) is 9.46 Å². The monoisotopic (exact) mass is 236 g/mol. The summed E-state index contributed by atoms with van der Waals surface area (Å²) in [6.07, 6.45) is 1.91. The lowest BCUT2D eigenvalue weighted by molar-refractivity contribution is -0.638. The lowest BCUT2D eigenvalue weighted by Gasteiger charge is -2.10. The largest absolute Gasteiger partial charge is 0.618 e. The van der Waals surface area contributed by atoms with Gasteiger partial charge in [0.2, 0.25) is 0 Å².